The molecule has 1 fully saturated rings. The molecule has 0 saturated heterocycles. The molecule has 1 saturated carbocycles. The lowest BCUT2D eigenvalue weighted by atomic mass is 9.70. The molecule has 4 nitrogen and oxygen atoms in total. The van der Waals surface area contributed by atoms with Gasteiger partial charge in [0, 0.05) is 5.54 Å². The first-order valence-electron chi connectivity index (χ1n) is 5.36. The number of rotatable bonds is 2. The minimum atomic E-state index is -0.232. The van der Waals surface area contributed by atoms with E-state index in [0.717, 1.165) is 19.3 Å². The zero-order chi connectivity index (χ0) is 11.5. The third-order valence-electron chi connectivity index (χ3n) is 2.60. The van der Waals surface area contributed by atoms with Crippen LogP contribution in [0, 0.1) is 16.7 Å². The van der Waals surface area contributed by atoms with Crippen molar-refractivity contribution in [2.45, 2.75) is 45.6 Å². The van der Waals surface area contributed by atoms with Crippen molar-refractivity contribution in [3.8, 4) is 6.07 Å². The van der Waals surface area contributed by atoms with Gasteiger partial charge >= 0.3 is 0 Å². The van der Waals surface area contributed by atoms with Gasteiger partial charge in [-0.1, -0.05) is 6.42 Å². The molecule has 0 aromatic rings. The molecule has 0 aliphatic heterocycles. The van der Waals surface area contributed by atoms with E-state index in [0.29, 0.717) is 12.5 Å². The van der Waals surface area contributed by atoms with Crippen LogP contribution in [0.25, 0.3) is 0 Å². The highest BCUT2D eigenvalue weighted by molar-refractivity contribution is 5.78. The van der Waals surface area contributed by atoms with Gasteiger partial charge in [0.25, 0.3) is 0 Å². The molecule has 0 amide bonds. The minimum absolute atomic E-state index is 0.0764. The van der Waals surface area contributed by atoms with Crippen LogP contribution in [0.1, 0.15) is 40.0 Å². The first kappa shape index (κ1) is 11.8. The van der Waals surface area contributed by atoms with E-state index >= 15 is 0 Å². The molecule has 0 atom stereocenters. The zero-order valence-electron chi connectivity index (χ0n) is 9.80. The number of nitrogens with two attached hydrogens (primary N) is 1. The second kappa shape index (κ2) is 4.09. The first-order valence-corrected chi connectivity index (χ1v) is 5.36. The predicted molar refractivity (Wildman–Crippen MR) is 61.3 cm³/mol. The highest BCUT2D eigenvalue weighted by Gasteiger charge is 2.37. The summed E-state index contributed by atoms with van der Waals surface area (Å²) in [5, 5.41) is 12.1. The average Bonchev–Trinajstić information content (AvgIpc) is 1.99. The van der Waals surface area contributed by atoms with Gasteiger partial charge in [0.1, 0.15) is 0 Å². The Hall–Kier alpha value is -1.24. The molecule has 3 N–H and O–H groups in total. The topological polar surface area (TPSA) is 74.2 Å². The molecule has 15 heavy (non-hydrogen) atoms. The summed E-state index contributed by atoms with van der Waals surface area (Å²) >= 11 is 0. The molecule has 0 spiro atoms. The second-order valence-corrected chi connectivity index (χ2v) is 5.32. The minimum Gasteiger partial charge on any atom is -0.370 e. The summed E-state index contributed by atoms with van der Waals surface area (Å²) in [4.78, 5) is 4.24. The third kappa shape index (κ3) is 3.43. The van der Waals surface area contributed by atoms with E-state index in [2.05, 4.69) is 16.4 Å². The van der Waals surface area contributed by atoms with Crippen LogP contribution >= 0.6 is 0 Å². The molecule has 84 valence electrons. The number of nitrogens with one attached hydrogen (secondary N) is 1. The van der Waals surface area contributed by atoms with E-state index in [1.165, 1.54) is 0 Å². The fraction of sp³-hybridized carbons (Fsp3) is 0.818. The summed E-state index contributed by atoms with van der Waals surface area (Å²) < 4.78 is 0. The molecular formula is C11H20N4. The van der Waals surface area contributed by atoms with E-state index in [9.17, 15) is 0 Å². The Bertz CT molecular complexity index is 289. The van der Waals surface area contributed by atoms with Crippen LogP contribution in [0.2, 0.25) is 0 Å². The van der Waals surface area contributed by atoms with Crippen LogP contribution in [0.5, 0.6) is 0 Å². The maximum atomic E-state index is 9.00. The van der Waals surface area contributed by atoms with Crippen LogP contribution in [-0.2, 0) is 0 Å². The molecule has 0 bridgehead atoms. The van der Waals surface area contributed by atoms with Gasteiger partial charge in [-0.25, -0.2) is 0 Å². The lowest BCUT2D eigenvalue weighted by Crippen LogP contribution is -2.45. The summed E-state index contributed by atoms with van der Waals surface area (Å²) in [5.41, 5.74) is 5.42. The van der Waals surface area contributed by atoms with Gasteiger partial charge in [0.05, 0.1) is 18.0 Å². The number of hydrogen-bond acceptors (Lipinski definition) is 2. The average molecular weight is 208 g/mol. The van der Waals surface area contributed by atoms with Crippen molar-refractivity contribution in [3.63, 3.8) is 0 Å². The Morgan fingerprint density at radius 3 is 2.47 bits per heavy atom. The summed E-state index contributed by atoms with van der Waals surface area (Å²) in [6.07, 6.45) is 3.04. The lowest BCUT2D eigenvalue weighted by molar-refractivity contribution is 0.226. The number of aliphatic imine (C=N–C) groups is 1. The molecule has 1 rings (SSSR count). The largest absolute Gasteiger partial charge is 0.370 e. The Kier molecular flexibility index (Phi) is 3.23. The fourth-order valence-corrected chi connectivity index (χ4v) is 1.57. The van der Waals surface area contributed by atoms with Gasteiger partial charge in [0.15, 0.2) is 5.96 Å². The molecule has 0 aromatic heterocycles. The van der Waals surface area contributed by atoms with Crippen molar-refractivity contribution in [1.29, 1.82) is 5.26 Å². The number of nitriles is 1. The lowest BCUT2D eigenvalue weighted by Gasteiger charge is -2.33. The summed E-state index contributed by atoms with van der Waals surface area (Å²) in [5.74, 6) is 0.434. The van der Waals surface area contributed by atoms with Crippen LogP contribution < -0.4 is 11.1 Å². The van der Waals surface area contributed by atoms with E-state index in [1.807, 2.05) is 20.8 Å². The van der Waals surface area contributed by atoms with Crippen molar-refractivity contribution in [2.24, 2.45) is 16.1 Å². The first-order chi connectivity index (χ1) is 6.87. The Morgan fingerprint density at radius 1 is 1.53 bits per heavy atom. The third-order valence-corrected chi connectivity index (χ3v) is 2.60. The molecule has 4 heteroatoms. The molecule has 1 aliphatic carbocycles. The number of nitrogens with zero attached hydrogens (tertiary/aromatic N) is 2. The van der Waals surface area contributed by atoms with E-state index in [-0.39, 0.29) is 11.0 Å². The predicted octanol–water partition coefficient (Wildman–Crippen LogP) is 1.38. The van der Waals surface area contributed by atoms with E-state index < -0.39 is 0 Å². The maximum absolute atomic E-state index is 9.00. The van der Waals surface area contributed by atoms with Gasteiger partial charge in [-0.2, -0.15) is 5.26 Å². The van der Waals surface area contributed by atoms with Gasteiger partial charge < -0.3 is 11.1 Å². The molecular weight excluding hydrogens is 188 g/mol. The normalized spacial score (nSPS) is 20.3. The van der Waals surface area contributed by atoms with Crippen molar-refractivity contribution in [2.75, 3.05) is 6.54 Å². The molecule has 0 aromatic carbocycles. The van der Waals surface area contributed by atoms with Crippen molar-refractivity contribution in [3.05, 3.63) is 0 Å². The SMILES string of the molecule is CC(C)(C)NC(N)=NCC1(C#N)CCC1. The number of guanidine groups is 1. The van der Waals surface area contributed by atoms with Crippen molar-refractivity contribution < 1.29 is 0 Å². The Labute approximate surface area is 91.6 Å². The summed E-state index contributed by atoms with van der Waals surface area (Å²) in [7, 11) is 0. The van der Waals surface area contributed by atoms with Crippen LogP contribution in [0.3, 0.4) is 0 Å². The fourth-order valence-electron chi connectivity index (χ4n) is 1.57. The second-order valence-electron chi connectivity index (χ2n) is 5.32. The van der Waals surface area contributed by atoms with Gasteiger partial charge in [-0.05, 0) is 33.6 Å². The quantitative estimate of drug-likeness (QED) is 0.532. The Balaban J connectivity index is 2.47. The molecule has 0 radical (unpaired) electrons. The van der Waals surface area contributed by atoms with Gasteiger partial charge in [0.2, 0.25) is 0 Å². The molecule has 0 unspecified atom stereocenters. The summed E-state index contributed by atoms with van der Waals surface area (Å²) in [6, 6.07) is 2.34. The van der Waals surface area contributed by atoms with Crippen LogP contribution in [-0.4, -0.2) is 18.0 Å². The Morgan fingerprint density at radius 2 is 2.13 bits per heavy atom. The molecule has 0 heterocycles. The van der Waals surface area contributed by atoms with Gasteiger partial charge in [-0.3, -0.25) is 4.99 Å². The smallest absolute Gasteiger partial charge is 0.189 e. The highest BCUT2D eigenvalue weighted by Crippen LogP contribution is 2.40. The standard InChI is InChI=1S/C11H20N4/c1-10(2,3)15-9(13)14-8-11(7-12)5-4-6-11/h4-6,8H2,1-3H3,(H3,13,14,15). The van der Waals surface area contributed by atoms with Crippen LogP contribution in [0.4, 0.5) is 0 Å². The van der Waals surface area contributed by atoms with Crippen LogP contribution in [0.15, 0.2) is 4.99 Å². The highest BCUT2D eigenvalue weighted by atomic mass is 15.1. The van der Waals surface area contributed by atoms with E-state index in [4.69, 9.17) is 11.0 Å². The monoisotopic (exact) mass is 208 g/mol. The van der Waals surface area contributed by atoms with Crippen molar-refractivity contribution in [1.82, 2.24) is 5.32 Å². The van der Waals surface area contributed by atoms with E-state index in [1.54, 1.807) is 0 Å². The van der Waals surface area contributed by atoms with Gasteiger partial charge in [-0.15, -0.1) is 0 Å². The zero-order valence-corrected chi connectivity index (χ0v) is 9.80. The van der Waals surface area contributed by atoms with Crippen molar-refractivity contribution >= 4 is 5.96 Å². The molecule has 1 aliphatic rings. The summed E-state index contributed by atoms with van der Waals surface area (Å²) in [6.45, 7) is 6.61. The maximum Gasteiger partial charge on any atom is 0.189 e. The number of hydrogen-bond donors (Lipinski definition) is 2.